The summed E-state index contributed by atoms with van der Waals surface area (Å²) in [6.07, 6.45) is 8.91. The molecule has 1 unspecified atom stereocenters. The van der Waals surface area contributed by atoms with Gasteiger partial charge in [0.1, 0.15) is 0 Å². The van der Waals surface area contributed by atoms with Gasteiger partial charge in [-0.1, -0.05) is 46.0 Å². The van der Waals surface area contributed by atoms with Gasteiger partial charge in [-0.25, -0.2) is 0 Å². The minimum absolute atomic E-state index is 0.160. The number of rotatable bonds is 10. The first-order valence-electron chi connectivity index (χ1n) is 6.74. The molecule has 96 valence electrons. The van der Waals surface area contributed by atoms with Crippen LogP contribution < -0.4 is 11.1 Å². The van der Waals surface area contributed by atoms with E-state index in [2.05, 4.69) is 12.2 Å². The topological polar surface area (TPSA) is 55.1 Å². The highest BCUT2D eigenvalue weighted by Crippen LogP contribution is 2.06. The van der Waals surface area contributed by atoms with Gasteiger partial charge < -0.3 is 11.1 Å². The summed E-state index contributed by atoms with van der Waals surface area (Å²) in [5, 5.41) is 2.95. The van der Waals surface area contributed by atoms with Gasteiger partial charge in [-0.3, -0.25) is 4.79 Å². The SMILES string of the molecule is CCCCCCCCC(=O)NC(CC)CN. The van der Waals surface area contributed by atoms with Crippen molar-refractivity contribution in [2.75, 3.05) is 6.54 Å². The Hall–Kier alpha value is -0.570. The molecule has 16 heavy (non-hydrogen) atoms. The van der Waals surface area contributed by atoms with E-state index in [1.165, 1.54) is 32.1 Å². The Labute approximate surface area is 100 Å². The molecule has 0 bridgehead atoms. The maximum absolute atomic E-state index is 11.5. The fourth-order valence-corrected chi connectivity index (χ4v) is 1.69. The molecule has 1 amide bonds. The third-order valence-electron chi connectivity index (χ3n) is 2.90. The molecule has 0 radical (unpaired) electrons. The number of hydrogen-bond donors (Lipinski definition) is 2. The summed E-state index contributed by atoms with van der Waals surface area (Å²) in [6.45, 7) is 4.80. The van der Waals surface area contributed by atoms with Crippen LogP contribution in [0, 0.1) is 0 Å². The van der Waals surface area contributed by atoms with Crippen molar-refractivity contribution in [3.63, 3.8) is 0 Å². The Morgan fingerprint density at radius 1 is 1.12 bits per heavy atom. The van der Waals surface area contributed by atoms with Crippen LogP contribution in [0.3, 0.4) is 0 Å². The highest BCUT2D eigenvalue weighted by atomic mass is 16.1. The van der Waals surface area contributed by atoms with Gasteiger partial charge in [-0.05, 0) is 12.8 Å². The van der Waals surface area contributed by atoms with E-state index >= 15 is 0 Å². The number of carbonyl (C=O) groups excluding carboxylic acids is 1. The van der Waals surface area contributed by atoms with E-state index in [4.69, 9.17) is 5.73 Å². The smallest absolute Gasteiger partial charge is 0.220 e. The van der Waals surface area contributed by atoms with Crippen molar-refractivity contribution in [1.82, 2.24) is 5.32 Å². The van der Waals surface area contributed by atoms with Gasteiger partial charge in [0.05, 0.1) is 0 Å². The Morgan fingerprint density at radius 2 is 1.75 bits per heavy atom. The lowest BCUT2D eigenvalue weighted by Crippen LogP contribution is -2.39. The second-order valence-electron chi connectivity index (χ2n) is 4.43. The van der Waals surface area contributed by atoms with Crippen LogP contribution in [-0.2, 0) is 4.79 Å². The fourth-order valence-electron chi connectivity index (χ4n) is 1.69. The first-order valence-corrected chi connectivity index (χ1v) is 6.74. The van der Waals surface area contributed by atoms with Crippen molar-refractivity contribution in [1.29, 1.82) is 0 Å². The summed E-state index contributed by atoms with van der Waals surface area (Å²) >= 11 is 0. The standard InChI is InChI=1S/C13H28N2O/c1-3-5-6-7-8-9-10-13(16)15-12(4-2)11-14/h12H,3-11,14H2,1-2H3,(H,15,16). The molecule has 1 atom stereocenters. The van der Waals surface area contributed by atoms with Crippen LogP contribution >= 0.6 is 0 Å². The van der Waals surface area contributed by atoms with Crippen LogP contribution in [0.25, 0.3) is 0 Å². The van der Waals surface area contributed by atoms with E-state index in [0.717, 1.165) is 12.8 Å². The Kier molecular flexibility index (Phi) is 10.5. The highest BCUT2D eigenvalue weighted by Gasteiger charge is 2.07. The van der Waals surface area contributed by atoms with Crippen molar-refractivity contribution in [3.05, 3.63) is 0 Å². The van der Waals surface area contributed by atoms with E-state index in [1.807, 2.05) is 6.92 Å². The normalized spacial score (nSPS) is 12.4. The van der Waals surface area contributed by atoms with Crippen molar-refractivity contribution in [2.24, 2.45) is 5.73 Å². The molecule has 0 aliphatic carbocycles. The number of nitrogens with two attached hydrogens (primary N) is 1. The number of carbonyl (C=O) groups is 1. The summed E-state index contributed by atoms with van der Waals surface area (Å²) < 4.78 is 0. The van der Waals surface area contributed by atoms with E-state index in [9.17, 15) is 4.79 Å². The van der Waals surface area contributed by atoms with Crippen molar-refractivity contribution >= 4 is 5.91 Å². The second kappa shape index (κ2) is 10.9. The van der Waals surface area contributed by atoms with Crippen LogP contribution in [0.5, 0.6) is 0 Å². The van der Waals surface area contributed by atoms with E-state index in [1.54, 1.807) is 0 Å². The lowest BCUT2D eigenvalue weighted by molar-refractivity contribution is -0.121. The minimum Gasteiger partial charge on any atom is -0.352 e. The van der Waals surface area contributed by atoms with Crippen molar-refractivity contribution < 1.29 is 4.79 Å². The molecule has 0 saturated heterocycles. The average Bonchev–Trinajstić information content (AvgIpc) is 2.30. The van der Waals surface area contributed by atoms with Crippen LogP contribution in [0.4, 0.5) is 0 Å². The fraction of sp³-hybridized carbons (Fsp3) is 0.923. The monoisotopic (exact) mass is 228 g/mol. The third kappa shape index (κ3) is 8.72. The van der Waals surface area contributed by atoms with Gasteiger partial charge in [0.25, 0.3) is 0 Å². The first kappa shape index (κ1) is 15.4. The molecule has 0 saturated carbocycles. The number of nitrogens with one attached hydrogen (secondary N) is 1. The zero-order valence-electron chi connectivity index (χ0n) is 10.9. The van der Waals surface area contributed by atoms with Crippen LogP contribution in [0.2, 0.25) is 0 Å². The molecule has 0 aromatic rings. The Morgan fingerprint density at radius 3 is 2.31 bits per heavy atom. The number of hydrogen-bond acceptors (Lipinski definition) is 2. The summed E-state index contributed by atoms with van der Waals surface area (Å²) in [7, 11) is 0. The van der Waals surface area contributed by atoms with Gasteiger partial charge in [-0.2, -0.15) is 0 Å². The van der Waals surface area contributed by atoms with Crippen molar-refractivity contribution in [3.8, 4) is 0 Å². The molecule has 0 spiro atoms. The largest absolute Gasteiger partial charge is 0.352 e. The molecule has 0 aliphatic rings. The molecule has 0 aromatic heterocycles. The quantitative estimate of drug-likeness (QED) is 0.565. The molecule has 0 aliphatic heterocycles. The third-order valence-corrected chi connectivity index (χ3v) is 2.90. The lowest BCUT2D eigenvalue weighted by atomic mass is 10.1. The van der Waals surface area contributed by atoms with Crippen LogP contribution in [0.15, 0.2) is 0 Å². The van der Waals surface area contributed by atoms with Gasteiger partial charge >= 0.3 is 0 Å². The maximum atomic E-state index is 11.5. The Balaban J connectivity index is 3.36. The Bertz CT molecular complexity index is 167. The van der Waals surface area contributed by atoms with Gasteiger partial charge in [0, 0.05) is 19.0 Å². The lowest BCUT2D eigenvalue weighted by Gasteiger charge is -2.14. The van der Waals surface area contributed by atoms with Gasteiger partial charge in [0.2, 0.25) is 5.91 Å². The maximum Gasteiger partial charge on any atom is 0.220 e. The molecular weight excluding hydrogens is 200 g/mol. The van der Waals surface area contributed by atoms with E-state index < -0.39 is 0 Å². The van der Waals surface area contributed by atoms with Crippen LogP contribution in [0.1, 0.15) is 65.2 Å². The van der Waals surface area contributed by atoms with Crippen LogP contribution in [-0.4, -0.2) is 18.5 Å². The molecule has 3 heteroatoms. The highest BCUT2D eigenvalue weighted by molar-refractivity contribution is 5.76. The predicted molar refractivity (Wildman–Crippen MR) is 69.3 cm³/mol. The van der Waals surface area contributed by atoms with E-state index in [-0.39, 0.29) is 11.9 Å². The molecule has 0 aromatic carbocycles. The average molecular weight is 228 g/mol. The number of amides is 1. The van der Waals surface area contributed by atoms with E-state index in [0.29, 0.717) is 13.0 Å². The van der Waals surface area contributed by atoms with Crippen molar-refractivity contribution in [2.45, 2.75) is 71.3 Å². The summed E-state index contributed by atoms with van der Waals surface area (Å²) in [4.78, 5) is 11.5. The summed E-state index contributed by atoms with van der Waals surface area (Å²) in [5.74, 6) is 0.160. The summed E-state index contributed by atoms with van der Waals surface area (Å²) in [6, 6.07) is 0.160. The first-order chi connectivity index (χ1) is 7.74. The molecule has 0 rings (SSSR count). The molecule has 0 heterocycles. The molecule has 0 fully saturated rings. The number of unbranched alkanes of at least 4 members (excludes halogenated alkanes) is 5. The minimum atomic E-state index is 0.160. The second-order valence-corrected chi connectivity index (χ2v) is 4.43. The molecular formula is C13H28N2O. The zero-order chi connectivity index (χ0) is 12.2. The predicted octanol–water partition coefficient (Wildman–Crippen LogP) is 2.59. The zero-order valence-corrected chi connectivity index (χ0v) is 10.9. The van der Waals surface area contributed by atoms with Gasteiger partial charge in [0.15, 0.2) is 0 Å². The summed E-state index contributed by atoms with van der Waals surface area (Å²) in [5.41, 5.74) is 5.53. The molecule has 3 nitrogen and oxygen atoms in total. The molecule has 3 N–H and O–H groups in total. The van der Waals surface area contributed by atoms with Gasteiger partial charge in [-0.15, -0.1) is 0 Å².